The highest BCUT2D eigenvalue weighted by Crippen LogP contribution is 2.39. The number of furan rings is 1. The molecule has 0 spiro atoms. The number of carbonyl (C=O) groups is 1. The third-order valence-corrected chi connectivity index (χ3v) is 4.92. The van der Waals surface area contributed by atoms with Crippen LogP contribution in [0.15, 0.2) is 88.7 Å². The number of allylic oxidation sites excluding steroid dienone is 1. The molecule has 0 saturated carbocycles. The summed E-state index contributed by atoms with van der Waals surface area (Å²) in [5, 5.41) is 6.28. The average Bonchev–Trinajstić information content (AvgIpc) is 3.35. The minimum atomic E-state index is -0.414. The van der Waals surface area contributed by atoms with E-state index < -0.39 is 6.04 Å². The first-order valence-electron chi connectivity index (χ1n) is 9.07. The number of aromatic nitrogens is 2. The van der Waals surface area contributed by atoms with E-state index in [1.807, 2.05) is 78.2 Å². The number of carbonyl (C=O) groups excluding carboxylic acids is 1. The number of benzene rings is 2. The molecule has 0 fully saturated rings. The van der Waals surface area contributed by atoms with Crippen LogP contribution in [-0.4, -0.2) is 15.5 Å². The van der Waals surface area contributed by atoms with E-state index in [4.69, 9.17) is 4.42 Å². The Hall–Kier alpha value is -3.80. The average molecular weight is 370 g/mol. The Labute approximate surface area is 161 Å². The largest absolute Gasteiger partial charge is 0.467 e. The Kier molecular flexibility index (Phi) is 3.76. The van der Waals surface area contributed by atoms with Crippen molar-refractivity contribution in [2.45, 2.75) is 13.0 Å². The van der Waals surface area contributed by atoms with Crippen molar-refractivity contribution in [2.24, 2.45) is 0 Å². The molecular weight excluding hydrogens is 352 g/mol. The third-order valence-electron chi connectivity index (χ3n) is 4.92. The molecule has 1 aliphatic rings. The molecule has 138 valence electrons. The van der Waals surface area contributed by atoms with Crippen LogP contribution in [0.3, 0.4) is 0 Å². The van der Waals surface area contributed by atoms with Crippen molar-refractivity contribution in [3.8, 4) is 0 Å². The van der Waals surface area contributed by atoms with Gasteiger partial charge in [0.15, 0.2) is 0 Å². The summed E-state index contributed by atoms with van der Waals surface area (Å²) < 4.78 is 7.75. The van der Waals surface area contributed by atoms with Gasteiger partial charge in [0.2, 0.25) is 5.95 Å². The lowest BCUT2D eigenvalue weighted by molar-refractivity contribution is -0.113. The summed E-state index contributed by atoms with van der Waals surface area (Å²) in [7, 11) is 0. The number of nitrogens with one attached hydrogen (secondary N) is 2. The fourth-order valence-electron chi connectivity index (χ4n) is 3.69. The van der Waals surface area contributed by atoms with E-state index in [0.717, 1.165) is 22.4 Å². The van der Waals surface area contributed by atoms with E-state index in [2.05, 4.69) is 15.6 Å². The standard InChI is InChI=1S/C22H18N4O2/c1-14-19(21(27)24-15-8-3-2-4-9-15)20(18-12-7-13-28-18)26-17-11-6-5-10-16(17)25-22(26)23-14/h2-13,20H,1H3,(H,23,25)(H,24,27)/t20-/m0/s1. The molecule has 6 heteroatoms. The maximum atomic E-state index is 13.3. The zero-order chi connectivity index (χ0) is 19.1. The summed E-state index contributed by atoms with van der Waals surface area (Å²) in [5.41, 5.74) is 3.88. The van der Waals surface area contributed by atoms with Crippen molar-refractivity contribution in [3.63, 3.8) is 0 Å². The van der Waals surface area contributed by atoms with Crippen molar-refractivity contribution in [1.82, 2.24) is 9.55 Å². The number of para-hydroxylation sites is 3. The van der Waals surface area contributed by atoms with Crippen LogP contribution in [0.25, 0.3) is 11.0 Å². The first-order valence-corrected chi connectivity index (χ1v) is 9.07. The highest BCUT2D eigenvalue weighted by Gasteiger charge is 2.35. The van der Waals surface area contributed by atoms with Crippen LogP contribution in [0.5, 0.6) is 0 Å². The van der Waals surface area contributed by atoms with Gasteiger partial charge in [0.1, 0.15) is 11.8 Å². The highest BCUT2D eigenvalue weighted by atomic mass is 16.3. The van der Waals surface area contributed by atoms with Crippen LogP contribution in [-0.2, 0) is 4.79 Å². The van der Waals surface area contributed by atoms with Gasteiger partial charge in [-0.3, -0.25) is 9.36 Å². The summed E-state index contributed by atoms with van der Waals surface area (Å²) in [5.74, 6) is 1.20. The molecule has 2 aromatic heterocycles. The molecule has 6 nitrogen and oxygen atoms in total. The molecule has 0 radical (unpaired) electrons. The summed E-state index contributed by atoms with van der Waals surface area (Å²) in [6.45, 7) is 1.89. The Bertz CT molecular complexity index is 1190. The number of anilines is 2. The molecule has 28 heavy (non-hydrogen) atoms. The van der Waals surface area contributed by atoms with Gasteiger partial charge in [-0.05, 0) is 43.3 Å². The van der Waals surface area contributed by atoms with Gasteiger partial charge in [-0.1, -0.05) is 30.3 Å². The molecule has 0 saturated heterocycles. The summed E-state index contributed by atoms with van der Waals surface area (Å²) in [4.78, 5) is 18.0. The van der Waals surface area contributed by atoms with E-state index in [1.165, 1.54) is 0 Å². The summed E-state index contributed by atoms with van der Waals surface area (Å²) >= 11 is 0. The second kappa shape index (κ2) is 6.42. The molecule has 0 aliphatic carbocycles. The number of imidazole rings is 1. The Morgan fingerprint density at radius 3 is 2.64 bits per heavy atom. The van der Waals surface area contributed by atoms with Gasteiger partial charge in [0, 0.05) is 11.4 Å². The van der Waals surface area contributed by atoms with E-state index in [1.54, 1.807) is 6.26 Å². The number of nitrogens with zero attached hydrogens (tertiary/aromatic N) is 2. The minimum Gasteiger partial charge on any atom is -0.467 e. The second-order valence-corrected chi connectivity index (χ2v) is 6.70. The number of amides is 1. The maximum Gasteiger partial charge on any atom is 0.255 e. The van der Waals surface area contributed by atoms with Crippen LogP contribution in [0, 0.1) is 0 Å². The van der Waals surface area contributed by atoms with E-state index in [-0.39, 0.29) is 5.91 Å². The lowest BCUT2D eigenvalue weighted by Crippen LogP contribution is -2.30. The molecule has 0 bridgehead atoms. The number of rotatable bonds is 3. The predicted octanol–water partition coefficient (Wildman–Crippen LogP) is 4.56. The lowest BCUT2D eigenvalue weighted by Gasteiger charge is -2.29. The Balaban J connectivity index is 1.66. The Morgan fingerprint density at radius 1 is 1.07 bits per heavy atom. The van der Waals surface area contributed by atoms with Crippen LogP contribution < -0.4 is 10.6 Å². The molecule has 2 aromatic carbocycles. The van der Waals surface area contributed by atoms with Crippen molar-refractivity contribution in [2.75, 3.05) is 10.6 Å². The van der Waals surface area contributed by atoms with Crippen molar-refractivity contribution >= 4 is 28.6 Å². The van der Waals surface area contributed by atoms with Crippen LogP contribution >= 0.6 is 0 Å². The van der Waals surface area contributed by atoms with E-state index in [0.29, 0.717) is 17.3 Å². The predicted molar refractivity (Wildman–Crippen MR) is 108 cm³/mol. The molecule has 4 aromatic rings. The molecule has 1 amide bonds. The molecule has 1 aliphatic heterocycles. The van der Waals surface area contributed by atoms with Crippen LogP contribution in [0.2, 0.25) is 0 Å². The molecule has 5 rings (SSSR count). The highest BCUT2D eigenvalue weighted by molar-refractivity contribution is 6.06. The quantitative estimate of drug-likeness (QED) is 0.555. The smallest absolute Gasteiger partial charge is 0.255 e. The van der Waals surface area contributed by atoms with Gasteiger partial charge in [-0.2, -0.15) is 0 Å². The Morgan fingerprint density at radius 2 is 1.86 bits per heavy atom. The molecule has 3 heterocycles. The second-order valence-electron chi connectivity index (χ2n) is 6.70. The van der Waals surface area contributed by atoms with Gasteiger partial charge < -0.3 is 15.1 Å². The van der Waals surface area contributed by atoms with Gasteiger partial charge in [0.25, 0.3) is 5.91 Å². The fraction of sp³-hybridized carbons (Fsp3) is 0.0909. The van der Waals surface area contributed by atoms with Crippen LogP contribution in [0.1, 0.15) is 18.7 Å². The number of fused-ring (bicyclic) bond motifs is 3. The van der Waals surface area contributed by atoms with Gasteiger partial charge in [0.05, 0.1) is 22.9 Å². The van der Waals surface area contributed by atoms with Gasteiger partial charge in [-0.15, -0.1) is 0 Å². The summed E-state index contributed by atoms with van der Waals surface area (Å²) in [6.07, 6.45) is 1.62. The fourth-order valence-corrected chi connectivity index (χ4v) is 3.69. The first kappa shape index (κ1) is 16.4. The van der Waals surface area contributed by atoms with Crippen molar-refractivity contribution in [3.05, 3.63) is 90.0 Å². The first-order chi connectivity index (χ1) is 13.7. The molecular formula is C22H18N4O2. The topological polar surface area (TPSA) is 72.1 Å². The van der Waals surface area contributed by atoms with Gasteiger partial charge >= 0.3 is 0 Å². The normalized spacial score (nSPS) is 16.0. The number of hydrogen-bond acceptors (Lipinski definition) is 4. The molecule has 1 atom stereocenters. The zero-order valence-corrected chi connectivity index (χ0v) is 15.2. The van der Waals surface area contributed by atoms with E-state index >= 15 is 0 Å². The van der Waals surface area contributed by atoms with Crippen LogP contribution in [0.4, 0.5) is 11.6 Å². The van der Waals surface area contributed by atoms with Crippen molar-refractivity contribution in [1.29, 1.82) is 0 Å². The molecule has 2 N–H and O–H groups in total. The molecule has 0 unspecified atom stereocenters. The minimum absolute atomic E-state index is 0.180. The third kappa shape index (κ3) is 2.58. The maximum absolute atomic E-state index is 13.3. The monoisotopic (exact) mass is 370 g/mol. The van der Waals surface area contributed by atoms with E-state index in [9.17, 15) is 4.79 Å². The van der Waals surface area contributed by atoms with Gasteiger partial charge in [-0.25, -0.2) is 4.98 Å². The lowest BCUT2D eigenvalue weighted by atomic mass is 9.99. The SMILES string of the molecule is CC1=C(C(=O)Nc2ccccc2)[C@H](c2ccco2)n2c(nc3ccccc32)N1. The van der Waals surface area contributed by atoms with Crippen molar-refractivity contribution < 1.29 is 9.21 Å². The zero-order valence-electron chi connectivity index (χ0n) is 15.2. The number of hydrogen-bond donors (Lipinski definition) is 2. The summed E-state index contributed by atoms with van der Waals surface area (Å²) in [6, 6.07) is 20.6.